The normalized spacial score (nSPS) is 11.1. The SMILES string of the molecule is C#CCOc1c(Cl)cc(/C=C(/Sc2n[nH]c(CCC)n2)C(=O)O)cc1OC. The van der Waals surface area contributed by atoms with Crippen molar-refractivity contribution in [1.82, 2.24) is 15.2 Å². The van der Waals surface area contributed by atoms with E-state index in [4.69, 9.17) is 27.5 Å². The summed E-state index contributed by atoms with van der Waals surface area (Å²) in [6.45, 7) is 2.05. The summed E-state index contributed by atoms with van der Waals surface area (Å²) < 4.78 is 10.6. The van der Waals surface area contributed by atoms with Crippen molar-refractivity contribution in [2.24, 2.45) is 0 Å². The summed E-state index contributed by atoms with van der Waals surface area (Å²) in [5.74, 6) is 2.61. The van der Waals surface area contributed by atoms with Crippen molar-refractivity contribution < 1.29 is 19.4 Å². The Kier molecular flexibility index (Phi) is 7.58. The number of carbonyl (C=O) groups is 1. The number of benzene rings is 1. The number of ether oxygens (including phenoxy) is 2. The van der Waals surface area contributed by atoms with Crippen LogP contribution in [0.2, 0.25) is 5.02 Å². The lowest BCUT2D eigenvalue weighted by Gasteiger charge is -2.12. The van der Waals surface area contributed by atoms with Gasteiger partial charge in [-0.1, -0.05) is 24.4 Å². The molecular formula is C18H18ClN3O4S. The van der Waals surface area contributed by atoms with Crippen molar-refractivity contribution in [3.63, 3.8) is 0 Å². The standard InChI is InChI=1S/C18H18ClN3O4S/c1-4-6-15-20-18(22-21-15)27-14(17(23)24)10-11-8-12(19)16(26-7-5-2)13(9-11)25-3/h2,8-10H,4,6-7H2,1,3H3,(H,23,24)(H,20,21,22)/b14-10+. The van der Waals surface area contributed by atoms with E-state index in [1.165, 1.54) is 13.2 Å². The monoisotopic (exact) mass is 407 g/mol. The zero-order valence-corrected chi connectivity index (χ0v) is 16.4. The molecule has 0 bridgehead atoms. The first kappa shape index (κ1) is 20.7. The lowest BCUT2D eigenvalue weighted by atomic mass is 10.2. The average molecular weight is 408 g/mol. The van der Waals surface area contributed by atoms with Crippen LogP contribution >= 0.6 is 23.4 Å². The predicted molar refractivity (Wildman–Crippen MR) is 104 cm³/mol. The number of nitrogens with zero attached hydrogens (tertiary/aromatic N) is 2. The van der Waals surface area contributed by atoms with E-state index in [1.54, 1.807) is 12.1 Å². The summed E-state index contributed by atoms with van der Waals surface area (Å²) in [7, 11) is 1.46. The Bertz CT molecular complexity index is 889. The second-order valence-corrected chi connectivity index (χ2v) is 6.67. The molecule has 0 fully saturated rings. The highest BCUT2D eigenvalue weighted by molar-refractivity contribution is 8.04. The Balaban J connectivity index is 2.32. The van der Waals surface area contributed by atoms with Crippen LogP contribution in [0.25, 0.3) is 6.08 Å². The van der Waals surface area contributed by atoms with Crippen LogP contribution in [0, 0.1) is 12.3 Å². The van der Waals surface area contributed by atoms with Gasteiger partial charge in [0.15, 0.2) is 11.5 Å². The second kappa shape index (κ2) is 9.90. The molecule has 27 heavy (non-hydrogen) atoms. The Hall–Kier alpha value is -2.63. The molecule has 7 nitrogen and oxygen atoms in total. The van der Waals surface area contributed by atoms with Crippen LogP contribution < -0.4 is 9.47 Å². The van der Waals surface area contributed by atoms with Gasteiger partial charge in [0.25, 0.3) is 0 Å². The Morgan fingerprint density at radius 1 is 1.52 bits per heavy atom. The number of rotatable bonds is 9. The molecule has 1 heterocycles. The summed E-state index contributed by atoms with van der Waals surface area (Å²) in [6, 6.07) is 3.18. The van der Waals surface area contributed by atoms with E-state index >= 15 is 0 Å². The number of hydrogen-bond acceptors (Lipinski definition) is 6. The minimum absolute atomic E-state index is 0.0341. The highest BCUT2D eigenvalue weighted by Gasteiger charge is 2.16. The largest absolute Gasteiger partial charge is 0.493 e. The molecule has 0 radical (unpaired) electrons. The van der Waals surface area contributed by atoms with Gasteiger partial charge in [-0.2, -0.15) is 0 Å². The third kappa shape index (κ3) is 5.67. The highest BCUT2D eigenvalue weighted by Crippen LogP contribution is 2.37. The molecule has 1 aromatic heterocycles. The number of carboxylic acid groups (broad SMARTS) is 1. The molecule has 0 atom stereocenters. The van der Waals surface area contributed by atoms with Crippen molar-refractivity contribution in [3.05, 3.63) is 33.4 Å². The van der Waals surface area contributed by atoms with Gasteiger partial charge in [-0.15, -0.1) is 11.5 Å². The second-order valence-electron chi connectivity index (χ2n) is 5.26. The van der Waals surface area contributed by atoms with E-state index in [2.05, 4.69) is 21.1 Å². The molecule has 0 aliphatic rings. The van der Waals surface area contributed by atoms with Gasteiger partial charge >= 0.3 is 5.97 Å². The maximum Gasteiger partial charge on any atom is 0.342 e. The lowest BCUT2D eigenvalue weighted by molar-refractivity contribution is -0.131. The van der Waals surface area contributed by atoms with Crippen molar-refractivity contribution in [1.29, 1.82) is 0 Å². The third-order valence-electron chi connectivity index (χ3n) is 3.26. The summed E-state index contributed by atoms with van der Waals surface area (Å²) in [6.07, 6.45) is 8.30. The van der Waals surface area contributed by atoms with Crippen molar-refractivity contribution >= 4 is 35.4 Å². The van der Waals surface area contributed by atoms with Crippen molar-refractivity contribution in [2.45, 2.75) is 24.9 Å². The molecule has 0 aliphatic heterocycles. The van der Waals surface area contributed by atoms with Crippen LogP contribution in [0.15, 0.2) is 22.2 Å². The van der Waals surface area contributed by atoms with Crippen molar-refractivity contribution in [2.75, 3.05) is 13.7 Å². The molecule has 0 spiro atoms. The maximum absolute atomic E-state index is 11.6. The predicted octanol–water partition coefficient (Wildman–Crippen LogP) is 3.65. The van der Waals surface area contributed by atoms with Crippen LogP contribution in [-0.4, -0.2) is 40.0 Å². The molecule has 9 heteroatoms. The highest BCUT2D eigenvalue weighted by atomic mass is 35.5. The minimum Gasteiger partial charge on any atom is -0.493 e. The smallest absolute Gasteiger partial charge is 0.342 e. The van der Waals surface area contributed by atoms with Crippen molar-refractivity contribution in [3.8, 4) is 23.8 Å². The van der Waals surface area contributed by atoms with Crippen LogP contribution in [0.3, 0.4) is 0 Å². The minimum atomic E-state index is -1.11. The van der Waals surface area contributed by atoms with E-state index in [0.717, 1.165) is 24.6 Å². The number of carboxylic acids is 1. The molecule has 0 saturated carbocycles. The number of hydrogen-bond donors (Lipinski definition) is 2. The topological polar surface area (TPSA) is 97.3 Å². The number of aromatic nitrogens is 3. The van der Waals surface area contributed by atoms with Crippen LogP contribution in [0.1, 0.15) is 24.7 Å². The zero-order chi connectivity index (χ0) is 19.8. The first-order valence-electron chi connectivity index (χ1n) is 7.96. The molecule has 142 valence electrons. The van der Waals surface area contributed by atoms with Gasteiger partial charge in [-0.3, -0.25) is 5.10 Å². The molecule has 2 aromatic rings. The first-order valence-corrected chi connectivity index (χ1v) is 9.15. The molecule has 0 amide bonds. The number of aryl methyl sites for hydroxylation is 1. The van der Waals surface area contributed by atoms with Gasteiger partial charge < -0.3 is 14.6 Å². The number of halogens is 1. The zero-order valence-electron chi connectivity index (χ0n) is 14.8. The van der Waals surface area contributed by atoms with Crippen LogP contribution in [0.5, 0.6) is 11.5 Å². The number of terminal acetylenes is 1. The molecule has 2 N–H and O–H groups in total. The van der Waals surface area contributed by atoms with Gasteiger partial charge in [0.2, 0.25) is 5.16 Å². The fourth-order valence-electron chi connectivity index (χ4n) is 2.13. The van der Waals surface area contributed by atoms with Crippen LogP contribution in [-0.2, 0) is 11.2 Å². The number of aromatic amines is 1. The Morgan fingerprint density at radius 3 is 2.93 bits per heavy atom. The summed E-state index contributed by atoms with van der Waals surface area (Å²) in [5.41, 5.74) is 0.527. The van der Waals surface area contributed by atoms with Gasteiger partial charge in [-0.05, 0) is 42.0 Å². The van der Waals surface area contributed by atoms with E-state index in [-0.39, 0.29) is 16.5 Å². The average Bonchev–Trinajstić information content (AvgIpc) is 3.07. The van der Waals surface area contributed by atoms with Gasteiger partial charge in [0, 0.05) is 6.42 Å². The summed E-state index contributed by atoms with van der Waals surface area (Å²) in [5, 5.41) is 16.9. The molecule has 2 rings (SSSR count). The number of nitrogens with one attached hydrogen (secondary N) is 1. The van der Waals surface area contributed by atoms with E-state index in [9.17, 15) is 9.90 Å². The van der Waals surface area contributed by atoms with Gasteiger partial charge in [0.05, 0.1) is 12.1 Å². The maximum atomic E-state index is 11.6. The Labute approximate surface area is 166 Å². The fraction of sp³-hybridized carbons (Fsp3) is 0.278. The van der Waals surface area contributed by atoms with Gasteiger partial charge in [-0.25, -0.2) is 9.78 Å². The number of H-pyrrole nitrogens is 1. The van der Waals surface area contributed by atoms with E-state index < -0.39 is 5.97 Å². The number of aliphatic carboxylic acids is 1. The molecule has 1 aromatic carbocycles. The Morgan fingerprint density at radius 2 is 2.30 bits per heavy atom. The molecular weight excluding hydrogens is 390 g/mol. The van der Waals surface area contributed by atoms with E-state index in [0.29, 0.717) is 28.0 Å². The fourth-order valence-corrected chi connectivity index (χ4v) is 3.13. The quantitative estimate of drug-likeness (QED) is 0.372. The van der Waals surface area contributed by atoms with Gasteiger partial charge in [0.1, 0.15) is 17.3 Å². The number of methoxy groups -OCH3 is 1. The summed E-state index contributed by atoms with van der Waals surface area (Å²) in [4.78, 5) is 15.9. The number of thioether (sulfide) groups is 1. The summed E-state index contributed by atoms with van der Waals surface area (Å²) >= 11 is 7.17. The van der Waals surface area contributed by atoms with Crippen LogP contribution in [0.4, 0.5) is 0 Å². The lowest BCUT2D eigenvalue weighted by Crippen LogP contribution is -1.99. The molecule has 0 aliphatic carbocycles. The van der Waals surface area contributed by atoms with E-state index in [1.807, 2.05) is 6.92 Å². The third-order valence-corrected chi connectivity index (χ3v) is 4.42. The molecule has 0 saturated heterocycles. The first-order chi connectivity index (χ1) is 13.0. The molecule has 0 unspecified atom stereocenters.